The monoisotopic (exact) mass is 510 g/mol. The lowest BCUT2D eigenvalue weighted by molar-refractivity contribution is -0.112. The fourth-order valence-corrected chi connectivity index (χ4v) is 3.86. The summed E-state index contributed by atoms with van der Waals surface area (Å²) in [6.45, 7) is 7.93. The van der Waals surface area contributed by atoms with E-state index in [2.05, 4.69) is 22.1 Å². The number of nitrogens with one attached hydrogen (secondary N) is 1. The van der Waals surface area contributed by atoms with E-state index in [0.29, 0.717) is 32.3 Å². The van der Waals surface area contributed by atoms with Gasteiger partial charge in [-0.05, 0) is 49.0 Å². The number of hydrogen-bond donors (Lipinski definition) is 1. The Hall–Kier alpha value is -3.62. The van der Waals surface area contributed by atoms with Crippen molar-refractivity contribution in [2.45, 2.75) is 13.8 Å². The topological polar surface area (TPSA) is 76.6 Å². The minimum absolute atomic E-state index is 0.218. The number of rotatable bonds is 9. The van der Waals surface area contributed by atoms with Crippen molar-refractivity contribution in [3.8, 4) is 10.9 Å². The third kappa shape index (κ3) is 6.71. The Morgan fingerprint density at radius 3 is 2.74 bits per heavy atom. The van der Waals surface area contributed by atoms with E-state index < -0.39 is 0 Å². The van der Waals surface area contributed by atoms with Crippen LogP contribution >= 0.6 is 22.9 Å². The van der Waals surface area contributed by atoms with Gasteiger partial charge in [-0.1, -0.05) is 59.7 Å². The van der Waals surface area contributed by atoms with Crippen LogP contribution in [0, 0.1) is 0 Å². The Morgan fingerprint density at radius 2 is 2.03 bits per heavy atom. The maximum atomic E-state index is 13.3. The minimum atomic E-state index is -0.319. The molecular weight excluding hydrogens is 484 g/mol. The van der Waals surface area contributed by atoms with Gasteiger partial charge in [0.25, 0.3) is 11.1 Å². The molecule has 0 fully saturated rings. The molecule has 0 bridgehead atoms. The first-order chi connectivity index (χ1) is 16.9. The molecule has 0 saturated carbocycles. The summed E-state index contributed by atoms with van der Waals surface area (Å²) >= 11 is 7.08. The molecule has 0 aliphatic carbocycles. The molecule has 1 aromatic carbocycles. The van der Waals surface area contributed by atoms with Crippen molar-refractivity contribution in [3.05, 3.63) is 94.9 Å². The van der Waals surface area contributed by atoms with E-state index >= 15 is 0 Å². The van der Waals surface area contributed by atoms with E-state index in [9.17, 15) is 4.79 Å². The van der Waals surface area contributed by atoms with E-state index in [4.69, 9.17) is 21.1 Å². The molecule has 7 nitrogen and oxygen atoms in total. The van der Waals surface area contributed by atoms with E-state index in [-0.39, 0.29) is 12.5 Å². The second kappa shape index (κ2) is 12.2. The van der Waals surface area contributed by atoms with Crippen molar-refractivity contribution in [3.63, 3.8) is 0 Å². The highest BCUT2D eigenvalue weighted by Crippen LogP contribution is 2.36. The highest BCUT2D eigenvalue weighted by Gasteiger charge is 2.25. The molecule has 182 valence electrons. The fourth-order valence-electron chi connectivity index (χ4n) is 3.20. The Kier molecular flexibility index (Phi) is 9.05. The van der Waals surface area contributed by atoms with Gasteiger partial charge in [0.1, 0.15) is 12.4 Å². The van der Waals surface area contributed by atoms with Crippen LogP contribution in [0.2, 0.25) is 0 Å². The Labute approximate surface area is 214 Å². The number of halogens is 1. The first kappa shape index (κ1) is 26.0. The van der Waals surface area contributed by atoms with Gasteiger partial charge in [0.05, 0.1) is 12.7 Å². The Balaban J connectivity index is 1.75. The van der Waals surface area contributed by atoms with Crippen LogP contribution in [0.15, 0.2) is 89.3 Å². The number of amides is 1. The van der Waals surface area contributed by atoms with Crippen molar-refractivity contribution in [1.29, 1.82) is 0 Å². The molecule has 9 heteroatoms. The molecule has 1 N–H and O–H groups in total. The molecule has 0 spiro atoms. The van der Waals surface area contributed by atoms with Gasteiger partial charge in [-0.25, -0.2) is 0 Å². The van der Waals surface area contributed by atoms with Gasteiger partial charge in [-0.3, -0.25) is 10.1 Å². The maximum absolute atomic E-state index is 13.3. The van der Waals surface area contributed by atoms with Crippen LogP contribution < -0.4 is 14.8 Å². The van der Waals surface area contributed by atoms with E-state index in [0.717, 1.165) is 28.2 Å². The standard InChI is InChI=1S/C26H27ClN4O3S/c1-6-18(27)13-12-17(3)16-34-26-30-29-25(35-26)28-24(32)22-15-31(4)19(7-2)14-21(22)20-10-8-9-11-23(20)33-5/h6-15H,3,16H2,1-2,4-5H3,(H,28,29,32)/b13-12-,18-6+,19-7-. The van der Waals surface area contributed by atoms with E-state index in [1.165, 1.54) is 0 Å². The third-order valence-electron chi connectivity index (χ3n) is 5.01. The van der Waals surface area contributed by atoms with Gasteiger partial charge in [-0.15, -0.1) is 5.10 Å². The zero-order valence-electron chi connectivity index (χ0n) is 20.0. The first-order valence-corrected chi connectivity index (χ1v) is 12.0. The molecule has 2 heterocycles. The Bertz CT molecular complexity index is 1260. The van der Waals surface area contributed by atoms with Crippen molar-refractivity contribution in [2.24, 2.45) is 0 Å². The summed E-state index contributed by atoms with van der Waals surface area (Å²) in [6.07, 6.45) is 11.0. The summed E-state index contributed by atoms with van der Waals surface area (Å²) < 4.78 is 11.2. The van der Waals surface area contributed by atoms with E-state index in [1.807, 2.05) is 62.2 Å². The van der Waals surface area contributed by atoms with Crippen LogP contribution in [0.5, 0.6) is 10.9 Å². The number of nitrogens with zero attached hydrogens (tertiary/aromatic N) is 3. The van der Waals surface area contributed by atoms with Crippen LogP contribution in [0.3, 0.4) is 0 Å². The van der Waals surface area contributed by atoms with Gasteiger partial charge in [0.2, 0.25) is 5.13 Å². The van der Waals surface area contributed by atoms with Crippen molar-refractivity contribution in [2.75, 3.05) is 26.1 Å². The predicted octanol–water partition coefficient (Wildman–Crippen LogP) is 5.94. The zero-order chi connectivity index (χ0) is 25.4. The van der Waals surface area contributed by atoms with Crippen LogP contribution in [0.4, 0.5) is 5.13 Å². The number of allylic oxidation sites excluding steroid dienone is 5. The second-order valence-electron chi connectivity index (χ2n) is 7.41. The number of carbonyl (C=O) groups excluding carboxylic acids is 1. The third-order valence-corrected chi connectivity index (χ3v) is 6.11. The summed E-state index contributed by atoms with van der Waals surface area (Å²) in [6, 6.07) is 7.58. The molecule has 3 rings (SSSR count). The van der Waals surface area contributed by atoms with Crippen LogP contribution in [-0.2, 0) is 4.79 Å². The second-order valence-corrected chi connectivity index (χ2v) is 8.78. The quantitative estimate of drug-likeness (QED) is 0.421. The molecule has 2 aromatic rings. The lowest BCUT2D eigenvalue weighted by atomic mass is 9.93. The first-order valence-electron chi connectivity index (χ1n) is 10.8. The molecule has 0 unspecified atom stereocenters. The zero-order valence-corrected chi connectivity index (χ0v) is 21.6. The summed E-state index contributed by atoms with van der Waals surface area (Å²) in [5.41, 5.74) is 3.70. The van der Waals surface area contributed by atoms with Crippen LogP contribution in [-0.4, -0.2) is 41.8 Å². The number of ether oxygens (including phenoxy) is 2. The van der Waals surface area contributed by atoms with Gasteiger partial charge in [0, 0.05) is 35.1 Å². The minimum Gasteiger partial charge on any atom is -0.496 e. The smallest absolute Gasteiger partial charge is 0.296 e. The van der Waals surface area contributed by atoms with Crippen molar-refractivity contribution in [1.82, 2.24) is 15.1 Å². The van der Waals surface area contributed by atoms with Crippen molar-refractivity contribution >= 4 is 39.5 Å². The molecule has 0 radical (unpaired) electrons. The molecule has 1 amide bonds. The number of methoxy groups -OCH3 is 1. The van der Waals surface area contributed by atoms with Crippen LogP contribution in [0.1, 0.15) is 19.4 Å². The Morgan fingerprint density at radius 1 is 1.26 bits per heavy atom. The molecule has 0 saturated heterocycles. The van der Waals surface area contributed by atoms with Gasteiger partial charge >= 0.3 is 0 Å². The normalized spacial score (nSPS) is 15.2. The average Bonchev–Trinajstić information content (AvgIpc) is 3.32. The number of benzene rings is 1. The van der Waals surface area contributed by atoms with Gasteiger partial charge in [-0.2, -0.15) is 0 Å². The molecule has 0 atom stereocenters. The largest absolute Gasteiger partial charge is 0.496 e. The molecule has 1 aliphatic rings. The number of likely N-dealkylation sites (N-methyl/N-ethyl adjacent to an activating group) is 1. The fraction of sp³-hybridized carbons (Fsp3) is 0.192. The summed E-state index contributed by atoms with van der Waals surface area (Å²) in [7, 11) is 3.50. The molecule has 1 aromatic heterocycles. The maximum Gasteiger partial charge on any atom is 0.296 e. The highest BCUT2D eigenvalue weighted by atomic mass is 35.5. The van der Waals surface area contributed by atoms with E-state index in [1.54, 1.807) is 31.5 Å². The number of anilines is 1. The highest BCUT2D eigenvalue weighted by molar-refractivity contribution is 7.17. The lowest BCUT2D eigenvalue weighted by Crippen LogP contribution is -2.23. The number of hydrogen-bond acceptors (Lipinski definition) is 7. The predicted molar refractivity (Wildman–Crippen MR) is 142 cm³/mol. The molecule has 1 aliphatic heterocycles. The average molecular weight is 511 g/mol. The SMILES string of the molecule is C=C(/C=C\C(Cl)=C/C)COc1nnc(NC(=O)C2=CN(C)/C(=C\C)C=C2c2ccccc2OC)s1. The molecular formula is C26H27ClN4O3S. The summed E-state index contributed by atoms with van der Waals surface area (Å²) in [5.74, 6) is 0.356. The van der Waals surface area contributed by atoms with Gasteiger partial charge < -0.3 is 14.4 Å². The number of para-hydroxylation sites is 1. The lowest BCUT2D eigenvalue weighted by Gasteiger charge is -2.26. The van der Waals surface area contributed by atoms with Crippen LogP contribution in [0.25, 0.3) is 5.57 Å². The summed E-state index contributed by atoms with van der Waals surface area (Å²) in [4.78, 5) is 15.2. The van der Waals surface area contributed by atoms with Crippen molar-refractivity contribution < 1.29 is 14.3 Å². The number of carbonyl (C=O) groups is 1. The number of aromatic nitrogens is 2. The molecule has 35 heavy (non-hydrogen) atoms. The van der Waals surface area contributed by atoms with Gasteiger partial charge in [0.15, 0.2) is 0 Å². The summed E-state index contributed by atoms with van der Waals surface area (Å²) in [5, 5.41) is 12.1.